The molecule has 1 aromatic heterocycles. The maximum Gasteiger partial charge on any atom is 0.257 e. The van der Waals surface area contributed by atoms with Gasteiger partial charge in [0.25, 0.3) is 5.91 Å². The topological polar surface area (TPSA) is 71.5 Å². The Morgan fingerprint density at radius 1 is 1.27 bits per heavy atom. The number of pyridine rings is 1. The highest BCUT2D eigenvalue weighted by Crippen LogP contribution is 2.25. The largest absolute Gasteiger partial charge is 0.481 e. The Morgan fingerprint density at radius 2 is 1.91 bits per heavy atom. The number of nitrogens with zero attached hydrogens (tertiary/aromatic N) is 1. The van der Waals surface area contributed by atoms with E-state index in [-0.39, 0.29) is 0 Å². The molecule has 0 fully saturated rings. The van der Waals surface area contributed by atoms with Gasteiger partial charge in [-0.1, -0.05) is 23.2 Å². The van der Waals surface area contributed by atoms with E-state index in [0.717, 1.165) is 0 Å². The van der Waals surface area contributed by atoms with Gasteiger partial charge in [-0.15, -0.1) is 0 Å². The number of amides is 1. The summed E-state index contributed by atoms with van der Waals surface area (Å²) in [6.07, 6.45) is -1.39. The smallest absolute Gasteiger partial charge is 0.257 e. The summed E-state index contributed by atoms with van der Waals surface area (Å²) in [6, 6.07) is 7.75. The van der Waals surface area contributed by atoms with Crippen LogP contribution in [0, 0.1) is 6.92 Å². The first-order valence-corrected chi connectivity index (χ1v) is 7.13. The van der Waals surface area contributed by atoms with Gasteiger partial charge in [-0.25, -0.2) is 4.98 Å². The van der Waals surface area contributed by atoms with Gasteiger partial charge in [0, 0.05) is 16.1 Å². The molecule has 5 nitrogen and oxygen atoms in total. The third-order valence-corrected chi connectivity index (χ3v) is 3.41. The molecule has 116 valence electrons. The molecular formula is C15H14Cl2N2O3. The van der Waals surface area contributed by atoms with Crippen LogP contribution in [0.2, 0.25) is 10.0 Å². The number of anilines is 1. The minimum absolute atomic E-state index is 0.314. The molecule has 0 aliphatic carbocycles. The van der Waals surface area contributed by atoms with Crippen LogP contribution in [0.1, 0.15) is 17.4 Å². The monoisotopic (exact) mass is 340 g/mol. The standard InChI is InChI=1S/C15H14Cl2N2O3/c1-8-12(3-4-13(18-8)22-2)19-15(21)14(20)9-5-10(16)7-11(17)6-9/h3-7,14,20H,1-2H3,(H,19,21). The summed E-state index contributed by atoms with van der Waals surface area (Å²) in [5, 5.41) is 13.4. The minimum Gasteiger partial charge on any atom is -0.481 e. The predicted octanol–water partition coefficient (Wildman–Crippen LogP) is 3.38. The van der Waals surface area contributed by atoms with Crippen molar-refractivity contribution in [3.8, 4) is 5.88 Å². The number of aliphatic hydroxyl groups excluding tert-OH is 1. The Bertz CT molecular complexity index is 687. The molecule has 0 bridgehead atoms. The van der Waals surface area contributed by atoms with Crippen molar-refractivity contribution < 1.29 is 14.6 Å². The number of hydrogen-bond acceptors (Lipinski definition) is 4. The lowest BCUT2D eigenvalue weighted by molar-refractivity contribution is -0.124. The van der Waals surface area contributed by atoms with E-state index in [2.05, 4.69) is 10.3 Å². The Hall–Kier alpha value is -1.82. The summed E-state index contributed by atoms with van der Waals surface area (Å²) >= 11 is 11.7. The van der Waals surface area contributed by atoms with E-state index in [1.165, 1.54) is 25.3 Å². The number of carbonyl (C=O) groups excluding carboxylic acids is 1. The zero-order chi connectivity index (χ0) is 16.3. The average Bonchev–Trinajstić information content (AvgIpc) is 2.47. The van der Waals surface area contributed by atoms with Crippen LogP contribution < -0.4 is 10.1 Å². The molecule has 0 saturated carbocycles. The number of benzene rings is 1. The molecular weight excluding hydrogens is 327 g/mol. The molecule has 22 heavy (non-hydrogen) atoms. The molecule has 1 unspecified atom stereocenters. The van der Waals surface area contributed by atoms with E-state index in [4.69, 9.17) is 27.9 Å². The Kier molecular flexibility index (Phi) is 5.24. The second-order valence-electron chi connectivity index (χ2n) is 4.58. The number of ether oxygens (including phenoxy) is 1. The van der Waals surface area contributed by atoms with Gasteiger partial charge < -0.3 is 15.2 Å². The highest BCUT2D eigenvalue weighted by molar-refractivity contribution is 6.34. The van der Waals surface area contributed by atoms with E-state index in [0.29, 0.717) is 32.9 Å². The van der Waals surface area contributed by atoms with Crippen LogP contribution in [0.25, 0.3) is 0 Å². The van der Waals surface area contributed by atoms with Crippen LogP contribution in [0.4, 0.5) is 5.69 Å². The fourth-order valence-electron chi connectivity index (χ4n) is 1.87. The maximum absolute atomic E-state index is 12.1. The second-order valence-corrected chi connectivity index (χ2v) is 5.45. The molecule has 0 spiro atoms. The molecule has 0 saturated heterocycles. The van der Waals surface area contributed by atoms with Crippen molar-refractivity contribution >= 4 is 34.8 Å². The highest BCUT2D eigenvalue weighted by atomic mass is 35.5. The number of halogens is 2. The molecule has 1 amide bonds. The summed E-state index contributed by atoms with van der Waals surface area (Å²) in [6.45, 7) is 1.72. The normalized spacial score (nSPS) is 11.9. The van der Waals surface area contributed by atoms with Gasteiger partial charge in [-0.05, 0) is 36.8 Å². The van der Waals surface area contributed by atoms with Crippen molar-refractivity contribution in [2.24, 2.45) is 0 Å². The Labute approximate surface area is 137 Å². The average molecular weight is 341 g/mol. The first-order valence-electron chi connectivity index (χ1n) is 6.37. The SMILES string of the molecule is COc1ccc(NC(=O)C(O)c2cc(Cl)cc(Cl)c2)c(C)n1. The molecule has 1 atom stereocenters. The number of aryl methyl sites for hydroxylation is 1. The summed E-state index contributed by atoms with van der Waals surface area (Å²) < 4.78 is 5.00. The van der Waals surface area contributed by atoms with Crippen LogP contribution in [0.5, 0.6) is 5.88 Å². The van der Waals surface area contributed by atoms with E-state index in [9.17, 15) is 9.90 Å². The highest BCUT2D eigenvalue weighted by Gasteiger charge is 2.19. The van der Waals surface area contributed by atoms with Crippen LogP contribution >= 0.6 is 23.2 Å². The molecule has 0 aliphatic heterocycles. The molecule has 2 aromatic rings. The summed E-state index contributed by atoms with van der Waals surface area (Å²) in [4.78, 5) is 16.3. The number of hydrogen-bond donors (Lipinski definition) is 2. The fraction of sp³-hybridized carbons (Fsp3) is 0.200. The summed E-state index contributed by atoms with van der Waals surface area (Å²) in [5.74, 6) is -0.161. The molecule has 7 heteroatoms. The van der Waals surface area contributed by atoms with E-state index >= 15 is 0 Å². The number of methoxy groups -OCH3 is 1. The number of aromatic nitrogens is 1. The van der Waals surface area contributed by atoms with Crippen LogP contribution in [-0.2, 0) is 4.79 Å². The number of aliphatic hydroxyl groups is 1. The van der Waals surface area contributed by atoms with Crippen molar-refractivity contribution in [3.63, 3.8) is 0 Å². The molecule has 2 rings (SSSR count). The van der Waals surface area contributed by atoms with Gasteiger partial charge >= 0.3 is 0 Å². The third-order valence-electron chi connectivity index (χ3n) is 2.98. The van der Waals surface area contributed by atoms with Gasteiger partial charge in [-0.2, -0.15) is 0 Å². The quantitative estimate of drug-likeness (QED) is 0.894. The van der Waals surface area contributed by atoms with Gasteiger partial charge in [0.15, 0.2) is 6.10 Å². The number of rotatable bonds is 4. The van der Waals surface area contributed by atoms with Crippen molar-refractivity contribution in [1.82, 2.24) is 4.98 Å². The first kappa shape index (κ1) is 16.5. The number of carbonyl (C=O) groups is 1. The Morgan fingerprint density at radius 3 is 2.45 bits per heavy atom. The van der Waals surface area contributed by atoms with Gasteiger partial charge in [-0.3, -0.25) is 4.79 Å². The summed E-state index contributed by atoms with van der Waals surface area (Å²) in [7, 11) is 1.51. The van der Waals surface area contributed by atoms with Crippen molar-refractivity contribution in [3.05, 3.63) is 51.6 Å². The predicted molar refractivity (Wildman–Crippen MR) is 85.6 cm³/mol. The van der Waals surface area contributed by atoms with Crippen molar-refractivity contribution in [2.75, 3.05) is 12.4 Å². The van der Waals surface area contributed by atoms with Crippen LogP contribution in [0.3, 0.4) is 0 Å². The van der Waals surface area contributed by atoms with E-state index in [1.54, 1.807) is 19.1 Å². The molecule has 2 N–H and O–H groups in total. The molecule has 0 aliphatic rings. The first-order chi connectivity index (χ1) is 10.4. The fourth-order valence-corrected chi connectivity index (χ4v) is 2.41. The maximum atomic E-state index is 12.1. The van der Waals surface area contributed by atoms with Gasteiger partial charge in [0.1, 0.15) is 0 Å². The third kappa shape index (κ3) is 3.88. The van der Waals surface area contributed by atoms with E-state index < -0.39 is 12.0 Å². The Balaban J connectivity index is 2.17. The van der Waals surface area contributed by atoms with E-state index in [1.807, 2.05) is 0 Å². The second kappa shape index (κ2) is 6.96. The van der Waals surface area contributed by atoms with Crippen LogP contribution in [-0.4, -0.2) is 23.1 Å². The lowest BCUT2D eigenvalue weighted by Crippen LogP contribution is -2.21. The zero-order valence-electron chi connectivity index (χ0n) is 11.9. The van der Waals surface area contributed by atoms with Crippen LogP contribution in [0.15, 0.2) is 30.3 Å². The lowest BCUT2D eigenvalue weighted by atomic mass is 10.1. The van der Waals surface area contributed by atoms with Crippen molar-refractivity contribution in [2.45, 2.75) is 13.0 Å². The van der Waals surface area contributed by atoms with Crippen molar-refractivity contribution in [1.29, 1.82) is 0 Å². The molecule has 1 heterocycles. The number of nitrogens with one attached hydrogen (secondary N) is 1. The van der Waals surface area contributed by atoms with Gasteiger partial charge in [0.2, 0.25) is 5.88 Å². The lowest BCUT2D eigenvalue weighted by Gasteiger charge is -2.14. The summed E-state index contributed by atoms with van der Waals surface area (Å²) in [5.41, 5.74) is 1.37. The minimum atomic E-state index is -1.39. The molecule has 1 aromatic carbocycles. The van der Waals surface area contributed by atoms with Gasteiger partial charge in [0.05, 0.1) is 18.5 Å². The zero-order valence-corrected chi connectivity index (χ0v) is 13.4. The molecule has 0 radical (unpaired) electrons.